The van der Waals surface area contributed by atoms with Gasteiger partial charge in [-0.3, -0.25) is 9.89 Å². The van der Waals surface area contributed by atoms with Gasteiger partial charge in [0.25, 0.3) is 0 Å². The van der Waals surface area contributed by atoms with Crippen LogP contribution < -0.4 is 10.6 Å². The summed E-state index contributed by atoms with van der Waals surface area (Å²) in [5, 5.41) is 6.44. The maximum Gasteiger partial charge on any atom is 0.191 e. The van der Waals surface area contributed by atoms with Gasteiger partial charge in [-0.1, -0.05) is 44.9 Å². The summed E-state index contributed by atoms with van der Waals surface area (Å²) in [6, 6.07) is 8.95. The van der Waals surface area contributed by atoms with Gasteiger partial charge in [-0.05, 0) is 25.0 Å². The van der Waals surface area contributed by atoms with Gasteiger partial charge in [0, 0.05) is 32.2 Å². The Balaban J connectivity index is 0.00000480. The molecule has 0 bridgehead atoms. The fraction of sp³-hybridized carbons (Fsp3) is 0.682. The van der Waals surface area contributed by atoms with E-state index >= 15 is 0 Å². The first-order valence-electron chi connectivity index (χ1n) is 11.1. The SMILES string of the molecule is CCNC(=NCC(C(CC)CC)N1CCOCC1)NCCS(=O)(=O)c1ccccc1.I. The summed E-state index contributed by atoms with van der Waals surface area (Å²) < 4.78 is 30.5. The van der Waals surface area contributed by atoms with E-state index < -0.39 is 9.84 Å². The van der Waals surface area contributed by atoms with Gasteiger partial charge in [0.05, 0.1) is 30.4 Å². The standard InChI is InChI=1S/C22H38N4O3S.HI/c1-4-19(5-2)21(26-13-15-29-16-14-26)18-25-22(23-6-3)24-12-17-30(27,28)20-10-8-7-9-11-20;/h7-11,19,21H,4-6,12-18H2,1-3H3,(H2,23,24,25);1H. The number of nitrogens with one attached hydrogen (secondary N) is 2. The lowest BCUT2D eigenvalue weighted by atomic mass is 9.92. The third-order valence-corrected chi connectivity index (χ3v) is 7.39. The van der Waals surface area contributed by atoms with Crippen LogP contribution in [0.15, 0.2) is 40.2 Å². The molecular weight excluding hydrogens is 527 g/mol. The van der Waals surface area contributed by atoms with Crippen LogP contribution >= 0.6 is 24.0 Å². The van der Waals surface area contributed by atoms with E-state index in [4.69, 9.17) is 9.73 Å². The van der Waals surface area contributed by atoms with E-state index in [2.05, 4.69) is 29.4 Å². The van der Waals surface area contributed by atoms with Crippen LogP contribution in [-0.2, 0) is 14.6 Å². The summed E-state index contributed by atoms with van der Waals surface area (Å²) in [5.74, 6) is 1.28. The van der Waals surface area contributed by atoms with Crippen LogP contribution in [0.3, 0.4) is 0 Å². The van der Waals surface area contributed by atoms with Gasteiger partial charge in [-0.25, -0.2) is 8.42 Å². The summed E-state index contributed by atoms with van der Waals surface area (Å²) in [6.07, 6.45) is 2.24. The molecule has 0 radical (unpaired) electrons. The van der Waals surface area contributed by atoms with Gasteiger partial charge >= 0.3 is 0 Å². The third kappa shape index (κ3) is 9.23. The Kier molecular flexibility index (Phi) is 13.6. The van der Waals surface area contributed by atoms with Crippen LogP contribution in [0.25, 0.3) is 0 Å². The van der Waals surface area contributed by atoms with Crippen LogP contribution in [0.2, 0.25) is 0 Å². The predicted molar refractivity (Wildman–Crippen MR) is 138 cm³/mol. The fourth-order valence-electron chi connectivity index (χ4n) is 3.88. The summed E-state index contributed by atoms with van der Waals surface area (Å²) in [7, 11) is -3.31. The zero-order valence-corrected chi connectivity index (χ0v) is 22.2. The molecule has 1 aliphatic heterocycles. The van der Waals surface area contributed by atoms with E-state index in [1.807, 2.05) is 13.0 Å². The number of halogens is 1. The largest absolute Gasteiger partial charge is 0.379 e. The monoisotopic (exact) mass is 566 g/mol. The minimum absolute atomic E-state index is 0. The second kappa shape index (κ2) is 15.0. The van der Waals surface area contributed by atoms with E-state index in [9.17, 15) is 8.42 Å². The number of hydrogen-bond donors (Lipinski definition) is 2. The van der Waals surface area contributed by atoms with Gasteiger partial charge in [-0.2, -0.15) is 0 Å². The topological polar surface area (TPSA) is 83.0 Å². The molecule has 1 aliphatic rings. The minimum Gasteiger partial charge on any atom is -0.379 e. The molecule has 1 aromatic rings. The van der Waals surface area contributed by atoms with Crippen molar-refractivity contribution in [3.05, 3.63) is 30.3 Å². The first-order chi connectivity index (χ1) is 14.5. The third-order valence-electron chi connectivity index (χ3n) is 5.65. The fourth-order valence-corrected chi connectivity index (χ4v) is 5.06. The summed E-state index contributed by atoms with van der Waals surface area (Å²) in [5.41, 5.74) is 0. The number of hydrogen-bond acceptors (Lipinski definition) is 5. The molecule has 0 saturated carbocycles. The number of rotatable bonds is 11. The van der Waals surface area contributed by atoms with Gasteiger partial charge in [0.15, 0.2) is 15.8 Å². The van der Waals surface area contributed by atoms with Crippen molar-refractivity contribution in [3.63, 3.8) is 0 Å². The highest BCUT2D eigenvalue weighted by atomic mass is 127. The molecule has 0 amide bonds. The molecule has 178 valence electrons. The van der Waals surface area contributed by atoms with Gasteiger partial charge in [0.1, 0.15) is 0 Å². The molecule has 31 heavy (non-hydrogen) atoms. The number of aliphatic imine (C=N–C) groups is 1. The summed E-state index contributed by atoms with van der Waals surface area (Å²) >= 11 is 0. The van der Waals surface area contributed by atoms with Crippen molar-refractivity contribution in [3.8, 4) is 0 Å². The van der Waals surface area contributed by atoms with Crippen molar-refractivity contribution >= 4 is 39.8 Å². The molecule has 1 atom stereocenters. The van der Waals surface area contributed by atoms with Gasteiger partial charge in [0.2, 0.25) is 0 Å². The zero-order valence-electron chi connectivity index (χ0n) is 19.0. The number of nitrogens with zero attached hydrogens (tertiary/aromatic N) is 2. The molecule has 1 saturated heterocycles. The molecule has 2 rings (SSSR count). The molecule has 1 fully saturated rings. The van der Waals surface area contributed by atoms with Crippen molar-refractivity contribution < 1.29 is 13.2 Å². The molecule has 0 aliphatic carbocycles. The van der Waals surface area contributed by atoms with Crippen LogP contribution in [0.1, 0.15) is 33.6 Å². The Morgan fingerprint density at radius 1 is 1.10 bits per heavy atom. The van der Waals surface area contributed by atoms with Crippen LogP contribution in [0.5, 0.6) is 0 Å². The van der Waals surface area contributed by atoms with Gasteiger partial charge < -0.3 is 15.4 Å². The quantitative estimate of drug-likeness (QED) is 0.244. The number of morpholine rings is 1. The lowest BCUT2D eigenvalue weighted by Crippen LogP contribution is -2.49. The first kappa shape index (κ1) is 28.1. The molecule has 0 aromatic heterocycles. The first-order valence-corrected chi connectivity index (χ1v) is 12.8. The highest BCUT2D eigenvalue weighted by Crippen LogP contribution is 2.20. The second-order valence-electron chi connectivity index (χ2n) is 7.57. The number of guanidine groups is 1. The Labute approximate surface area is 205 Å². The molecular formula is C22H39IN4O3S. The normalized spacial score (nSPS) is 16.6. The molecule has 1 unspecified atom stereocenters. The summed E-state index contributed by atoms with van der Waals surface area (Å²) in [4.78, 5) is 7.67. The van der Waals surface area contributed by atoms with Crippen LogP contribution in [0.4, 0.5) is 0 Å². The average Bonchev–Trinajstić information content (AvgIpc) is 2.77. The van der Waals surface area contributed by atoms with E-state index in [1.165, 1.54) is 0 Å². The molecule has 1 heterocycles. The number of sulfone groups is 1. The number of ether oxygens (including phenoxy) is 1. The van der Waals surface area contributed by atoms with E-state index in [0.29, 0.717) is 35.9 Å². The van der Waals surface area contributed by atoms with Crippen molar-refractivity contribution in [2.75, 3.05) is 51.7 Å². The van der Waals surface area contributed by atoms with Crippen LogP contribution in [-0.4, -0.2) is 77.0 Å². The Hall–Kier alpha value is -0.910. The van der Waals surface area contributed by atoms with Crippen molar-refractivity contribution in [2.24, 2.45) is 10.9 Å². The summed E-state index contributed by atoms with van der Waals surface area (Å²) in [6.45, 7) is 11.6. The highest BCUT2D eigenvalue weighted by Gasteiger charge is 2.26. The van der Waals surface area contributed by atoms with E-state index in [-0.39, 0.29) is 29.7 Å². The van der Waals surface area contributed by atoms with Crippen LogP contribution in [0, 0.1) is 5.92 Å². The minimum atomic E-state index is -3.31. The smallest absolute Gasteiger partial charge is 0.191 e. The Morgan fingerprint density at radius 2 is 1.74 bits per heavy atom. The van der Waals surface area contributed by atoms with E-state index in [0.717, 1.165) is 45.7 Å². The lowest BCUT2D eigenvalue weighted by molar-refractivity contribution is 0.00395. The molecule has 2 N–H and O–H groups in total. The maximum atomic E-state index is 12.5. The molecule has 9 heteroatoms. The van der Waals surface area contributed by atoms with Crippen molar-refractivity contribution in [2.45, 2.75) is 44.6 Å². The molecule has 7 nitrogen and oxygen atoms in total. The Morgan fingerprint density at radius 3 is 2.32 bits per heavy atom. The zero-order chi connectivity index (χ0) is 21.8. The number of benzene rings is 1. The highest BCUT2D eigenvalue weighted by molar-refractivity contribution is 14.0. The molecule has 1 aromatic carbocycles. The average molecular weight is 567 g/mol. The second-order valence-corrected chi connectivity index (χ2v) is 9.68. The Bertz CT molecular complexity index is 736. The van der Waals surface area contributed by atoms with E-state index in [1.54, 1.807) is 24.3 Å². The van der Waals surface area contributed by atoms with Crippen molar-refractivity contribution in [1.29, 1.82) is 0 Å². The lowest BCUT2D eigenvalue weighted by Gasteiger charge is -2.38. The molecule has 0 spiro atoms. The maximum absolute atomic E-state index is 12.5. The predicted octanol–water partition coefficient (Wildman–Crippen LogP) is 2.77. The van der Waals surface area contributed by atoms with Crippen molar-refractivity contribution in [1.82, 2.24) is 15.5 Å². The van der Waals surface area contributed by atoms with Gasteiger partial charge in [-0.15, -0.1) is 24.0 Å².